The van der Waals surface area contributed by atoms with E-state index in [4.69, 9.17) is 11.6 Å². The maximum Gasteiger partial charge on any atom is 0.220 e. The van der Waals surface area contributed by atoms with Crippen molar-refractivity contribution < 1.29 is 4.79 Å². The van der Waals surface area contributed by atoms with Crippen molar-refractivity contribution >= 4 is 29.3 Å². The molecule has 1 aromatic heterocycles. The third-order valence-corrected chi connectivity index (χ3v) is 4.59. The smallest absolute Gasteiger partial charge is 0.220 e. The third-order valence-electron chi connectivity index (χ3n) is 3.81. The highest BCUT2D eigenvalue weighted by Gasteiger charge is 2.10. The van der Waals surface area contributed by atoms with Crippen molar-refractivity contribution in [3.63, 3.8) is 0 Å². The van der Waals surface area contributed by atoms with Gasteiger partial charge >= 0.3 is 0 Å². The number of carbonyl (C=O) groups excluding carboxylic acids is 1. The Balaban J connectivity index is 1.81. The summed E-state index contributed by atoms with van der Waals surface area (Å²) in [7, 11) is 0. The summed E-state index contributed by atoms with van der Waals surface area (Å²) in [4.78, 5) is 20.9. The molecule has 0 spiro atoms. The van der Waals surface area contributed by atoms with Gasteiger partial charge in [0.1, 0.15) is 0 Å². The SMILES string of the molecule is CSc1nc(C)c(CCC(=O)NCCc2cccc(Cl)c2)c(C)n1. The number of hydrogen-bond acceptors (Lipinski definition) is 4. The summed E-state index contributed by atoms with van der Waals surface area (Å²) in [5.41, 5.74) is 4.10. The van der Waals surface area contributed by atoms with Crippen LogP contribution in [0.15, 0.2) is 29.4 Å². The number of aromatic nitrogens is 2. The predicted molar refractivity (Wildman–Crippen MR) is 99.8 cm³/mol. The first-order chi connectivity index (χ1) is 11.5. The zero-order chi connectivity index (χ0) is 17.5. The lowest BCUT2D eigenvalue weighted by Crippen LogP contribution is -2.26. The van der Waals surface area contributed by atoms with E-state index >= 15 is 0 Å². The fourth-order valence-electron chi connectivity index (χ4n) is 2.53. The van der Waals surface area contributed by atoms with Crippen LogP contribution in [0.3, 0.4) is 0 Å². The molecule has 0 aliphatic heterocycles. The van der Waals surface area contributed by atoms with Gasteiger partial charge in [-0.05, 0) is 56.2 Å². The molecule has 2 rings (SSSR count). The molecule has 6 heteroatoms. The number of nitrogens with zero attached hydrogens (tertiary/aromatic N) is 2. The Morgan fingerprint density at radius 1 is 1.21 bits per heavy atom. The van der Waals surface area contributed by atoms with Gasteiger partial charge in [-0.15, -0.1) is 0 Å². The standard InChI is InChI=1S/C18H22ClN3OS/c1-12-16(13(2)22-18(21-12)24-3)7-8-17(23)20-10-9-14-5-4-6-15(19)11-14/h4-6,11H,7-10H2,1-3H3,(H,20,23). The molecule has 128 valence electrons. The van der Waals surface area contributed by atoms with E-state index in [9.17, 15) is 4.79 Å². The lowest BCUT2D eigenvalue weighted by Gasteiger charge is -2.10. The van der Waals surface area contributed by atoms with E-state index in [2.05, 4.69) is 15.3 Å². The number of rotatable bonds is 7. The summed E-state index contributed by atoms with van der Waals surface area (Å²) >= 11 is 7.48. The van der Waals surface area contributed by atoms with Gasteiger partial charge in [-0.1, -0.05) is 35.5 Å². The fraction of sp³-hybridized carbons (Fsp3) is 0.389. The minimum atomic E-state index is 0.0461. The second kappa shape index (κ2) is 9.04. The Morgan fingerprint density at radius 2 is 1.92 bits per heavy atom. The van der Waals surface area contributed by atoms with Gasteiger partial charge in [-0.2, -0.15) is 0 Å². The van der Waals surface area contributed by atoms with Gasteiger partial charge in [0.15, 0.2) is 5.16 Å². The molecule has 0 bridgehead atoms. The Labute approximate surface area is 152 Å². The molecule has 0 aliphatic carbocycles. The Bertz CT molecular complexity index is 698. The highest BCUT2D eigenvalue weighted by atomic mass is 35.5. The van der Waals surface area contributed by atoms with Gasteiger partial charge in [-0.25, -0.2) is 9.97 Å². The Hall–Kier alpha value is -1.59. The molecule has 0 fully saturated rings. The first-order valence-corrected chi connectivity index (χ1v) is 9.49. The molecule has 1 aromatic carbocycles. The van der Waals surface area contributed by atoms with Gasteiger partial charge in [0.2, 0.25) is 5.91 Å². The van der Waals surface area contributed by atoms with Crippen LogP contribution >= 0.6 is 23.4 Å². The second-order valence-electron chi connectivity index (χ2n) is 5.59. The van der Waals surface area contributed by atoms with Crippen LogP contribution in [0, 0.1) is 13.8 Å². The monoisotopic (exact) mass is 363 g/mol. The minimum Gasteiger partial charge on any atom is -0.356 e. The molecule has 0 saturated heterocycles. The van der Waals surface area contributed by atoms with Crippen LogP contribution in [-0.2, 0) is 17.6 Å². The molecule has 0 unspecified atom stereocenters. The van der Waals surface area contributed by atoms with Crippen molar-refractivity contribution in [1.29, 1.82) is 0 Å². The first-order valence-electron chi connectivity index (χ1n) is 7.89. The summed E-state index contributed by atoms with van der Waals surface area (Å²) in [5.74, 6) is 0.0461. The number of benzene rings is 1. The van der Waals surface area contributed by atoms with E-state index in [1.807, 2.05) is 44.4 Å². The molecule has 0 saturated carbocycles. The third kappa shape index (κ3) is 5.49. The molecule has 2 aromatic rings. The van der Waals surface area contributed by atoms with Crippen molar-refractivity contribution in [1.82, 2.24) is 15.3 Å². The zero-order valence-electron chi connectivity index (χ0n) is 14.2. The maximum absolute atomic E-state index is 12.0. The average molecular weight is 364 g/mol. The molecule has 1 N–H and O–H groups in total. The Kier molecular flexibility index (Phi) is 7.06. The first kappa shape index (κ1) is 18.7. The molecule has 0 atom stereocenters. The summed E-state index contributed by atoms with van der Waals surface area (Å²) in [6, 6.07) is 7.70. The van der Waals surface area contributed by atoms with E-state index in [0.29, 0.717) is 19.4 Å². The molecule has 1 heterocycles. The summed E-state index contributed by atoms with van der Waals surface area (Å²) in [6.45, 7) is 4.56. The van der Waals surface area contributed by atoms with Gasteiger partial charge in [0, 0.05) is 29.4 Å². The van der Waals surface area contributed by atoms with E-state index in [1.165, 1.54) is 11.8 Å². The van der Waals surface area contributed by atoms with E-state index in [1.54, 1.807) is 0 Å². The molecule has 4 nitrogen and oxygen atoms in total. The molecule has 1 amide bonds. The molecule has 0 aliphatic rings. The number of nitrogens with one attached hydrogen (secondary N) is 1. The number of aryl methyl sites for hydroxylation is 2. The predicted octanol–water partition coefficient (Wildman–Crippen LogP) is 3.76. The number of amides is 1. The largest absolute Gasteiger partial charge is 0.356 e. The van der Waals surface area contributed by atoms with Crippen LogP contribution in [0.5, 0.6) is 0 Å². The van der Waals surface area contributed by atoms with Crippen LogP contribution in [0.1, 0.15) is 28.9 Å². The molecule has 24 heavy (non-hydrogen) atoms. The number of thioether (sulfide) groups is 1. The van der Waals surface area contributed by atoms with Crippen LogP contribution in [0.2, 0.25) is 5.02 Å². The quantitative estimate of drug-likeness (QED) is 0.601. The summed E-state index contributed by atoms with van der Waals surface area (Å²) in [5, 5.41) is 4.45. The van der Waals surface area contributed by atoms with Gasteiger partial charge in [0.05, 0.1) is 0 Å². The fourth-order valence-corrected chi connectivity index (χ4v) is 3.20. The normalized spacial score (nSPS) is 10.7. The van der Waals surface area contributed by atoms with E-state index in [0.717, 1.165) is 39.1 Å². The second-order valence-corrected chi connectivity index (χ2v) is 6.80. The molecule has 0 radical (unpaired) electrons. The van der Waals surface area contributed by atoms with Crippen LogP contribution in [0.4, 0.5) is 0 Å². The van der Waals surface area contributed by atoms with Crippen LogP contribution < -0.4 is 5.32 Å². The lowest BCUT2D eigenvalue weighted by molar-refractivity contribution is -0.121. The summed E-state index contributed by atoms with van der Waals surface area (Å²) < 4.78 is 0. The lowest BCUT2D eigenvalue weighted by atomic mass is 10.1. The topological polar surface area (TPSA) is 54.9 Å². The van der Waals surface area contributed by atoms with Crippen molar-refractivity contribution in [2.24, 2.45) is 0 Å². The van der Waals surface area contributed by atoms with E-state index < -0.39 is 0 Å². The minimum absolute atomic E-state index is 0.0461. The molecular formula is C18H22ClN3OS. The van der Waals surface area contributed by atoms with E-state index in [-0.39, 0.29) is 5.91 Å². The number of halogens is 1. The van der Waals surface area contributed by atoms with Crippen molar-refractivity contribution in [2.45, 2.75) is 38.3 Å². The number of hydrogen-bond donors (Lipinski definition) is 1. The van der Waals surface area contributed by atoms with Gasteiger partial charge in [-0.3, -0.25) is 4.79 Å². The highest BCUT2D eigenvalue weighted by Crippen LogP contribution is 2.17. The van der Waals surface area contributed by atoms with Crippen molar-refractivity contribution in [2.75, 3.05) is 12.8 Å². The molecular weight excluding hydrogens is 342 g/mol. The average Bonchev–Trinajstić information content (AvgIpc) is 2.54. The van der Waals surface area contributed by atoms with Crippen molar-refractivity contribution in [3.8, 4) is 0 Å². The maximum atomic E-state index is 12.0. The van der Waals surface area contributed by atoms with Crippen molar-refractivity contribution in [3.05, 3.63) is 51.8 Å². The van der Waals surface area contributed by atoms with Gasteiger partial charge < -0.3 is 5.32 Å². The van der Waals surface area contributed by atoms with Gasteiger partial charge in [0.25, 0.3) is 0 Å². The zero-order valence-corrected chi connectivity index (χ0v) is 15.8. The number of carbonyl (C=O) groups is 1. The van der Waals surface area contributed by atoms with Crippen LogP contribution in [-0.4, -0.2) is 28.7 Å². The van der Waals surface area contributed by atoms with Crippen LogP contribution in [0.25, 0.3) is 0 Å². The highest BCUT2D eigenvalue weighted by molar-refractivity contribution is 7.98. The summed E-state index contributed by atoms with van der Waals surface area (Å²) in [6.07, 6.45) is 3.84. The Morgan fingerprint density at radius 3 is 2.54 bits per heavy atom.